The summed E-state index contributed by atoms with van der Waals surface area (Å²) in [5.41, 5.74) is -0.439. The van der Waals surface area contributed by atoms with Crippen LogP contribution in [0.2, 0.25) is 0 Å². The van der Waals surface area contributed by atoms with Gasteiger partial charge in [0.1, 0.15) is 0 Å². The molecule has 0 spiro atoms. The van der Waals surface area contributed by atoms with E-state index in [0.29, 0.717) is 6.04 Å². The molecular formula is C12H19NOS. The Hall–Kier alpha value is -0.380. The summed E-state index contributed by atoms with van der Waals surface area (Å²) in [5, 5.41) is 15.7. The predicted molar refractivity (Wildman–Crippen MR) is 64.2 cm³/mol. The lowest BCUT2D eigenvalue weighted by molar-refractivity contribution is 0.0454. The van der Waals surface area contributed by atoms with Crippen LogP contribution < -0.4 is 5.32 Å². The van der Waals surface area contributed by atoms with Gasteiger partial charge in [0.15, 0.2) is 0 Å². The molecule has 0 aromatic carbocycles. The molecule has 1 aromatic rings. The van der Waals surface area contributed by atoms with Crippen LogP contribution in [0, 0.1) is 0 Å². The molecule has 1 aliphatic carbocycles. The third-order valence-corrected chi connectivity index (χ3v) is 4.30. The number of aliphatic hydroxyl groups is 1. The van der Waals surface area contributed by atoms with Crippen LogP contribution in [0.3, 0.4) is 0 Å². The standard InChI is InChI=1S/C12H19NOS/c1-10(11-5-4-8-15-11)13-9-12(14)6-2-3-7-12/h4-5,8,10,13-14H,2-3,6-7,9H2,1H3. The second-order valence-electron chi connectivity index (χ2n) is 4.55. The Bertz CT molecular complexity index is 291. The van der Waals surface area contributed by atoms with E-state index in [4.69, 9.17) is 0 Å². The Kier molecular flexibility index (Phi) is 3.44. The molecule has 0 saturated heterocycles. The summed E-state index contributed by atoms with van der Waals surface area (Å²) < 4.78 is 0. The van der Waals surface area contributed by atoms with Crippen LogP contribution in [0.15, 0.2) is 17.5 Å². The number of nitrogens with one attached hydrogen (secondary N) is 1. The quantitative estimate of drug-likeness (QED) is 0.826. The van der Waals surface area contributed by atoms with Crippen LogP contribution in [0.5, 0.6) is 0 Å². The van der Waals surface area contributed by atoms with Crippen LogP contribution >= 0.6 is 11.3 Å². The summed E-state index contributed by atoms with van der Waals surface area (Å²) in [6.07, 6.45) is 4.26. The van der Waals surface area contributed by atoms with Gasteiger partial charge in [0, 0.05) is 17.5 Å². The molecule has 1 saturated carbocycles. The topological polar surface area (TPSA) is 32.3 Å². The lowest BCUT2D eigenvalue weighted by Crippen LogP contribution is -2.38. The van der Waals surface area contributed by atoms with E-state index < -0.39 is 5.60 Å². The fraction of sp³-hybridized carbons (Fsp3) is 0.667. The lowest BCUT2D eigenvalue weighted by Gasteiger charge is -2.24. The van der Waals surface area contributed by atoms with E-state index in [1.807, 2.05) is 0 Å². The van der Waals surface area contributed by atoms with Crippen molar-refractivity contribution in [1.82, 2.24) is 5.32 Å². The van der Waals surface area contributed by atoms with Crippen molar-refractivity contribution in [2.45, 2.75) is 44.2 Å². The molecule has 1 heterocycles. The smallest absolute Gasteiger partial charge is 0.0771 e. The van der Waals surface area contributed by atoms with Gasteiger partial charge in [-0.3, -0.25) is 0 Å². The fourth-order valence-corrected chi connectivity index (χ4v) is 2.95. The third-order valence-electron chi connectivity index (χ3n) is 3.24. The largest absolute Gasteiger partial charge is 0.389 e. The van der Waals surface area contributed by atoms with Crippen molar-refractivity contribution in [2.75, 3.05) is 6.54 Å². The van der Waals surface area contributed by atoms with Crippen molar-refractivity contribution in [2.24, 2.45) is 0 Å². The fourth-order valence-electron chi connectivity index (χ4n) is 2.19. The highest BCUT2D eigenvalue weighted by Gasteiger charge is 2.31. The van der Waals surface area contributed by atoms with Gasteiger partial charge in [-0.1, -0.05) is 18.9 Å². The van der Waals surface area contributed by atoms with Crippen molar-refractivity contribution < 1.29 is 5.11 Å². The van der Waals surface area contributed by atoms with Gasteiger partial charge in [0.2, 0.25) is 0 Å². The molecule has 0 radical (unpaired) electrons. The minimum atomic E-state index is -0.439. The summed E-state index contributed by atoms with van der Waals surface area (Å²) in [4.78, 5) is 1.34. The molecule has 2 rings (SSSR count). The molecule has 2 N–H and O–H groups in total. The first-order valence-corrected chi connectivity index (χ1v) is 6.57. The molecule has 1 aliphatic rings. The van der Waals surface area contributed by atoms with Crippen LogP contribution in [0.25, 0.3) is 0 Å². The van der Waals surface area contributed by atoms with Crippen molar-refractivity contribution in [3.63, 3.8) is 0 Å². The second kappa shape index (κ2) is 4.64. The number of hydrogen-bond acceptors (Lipinski definition) is 3. The minimum absolute atomic E-state index is 0.356. The molecule has 2 nitrogen and oxygen atoms in total. The average molecular weight is 225 g/mol. The summed E-state index contributed by atoms with van der Waals surface area (Å²) >= 11 is 1.77. The van der Waals surface area contributed by atoms with Crippen LogP contribution in [0.4, 0.5) is 0 Å². The zero-order chi connectivity index (χ0) is 10.7. The highest BCUT2D eigenvalue weighted by Crippen LogP contribution is 2.29. The number of thiophene rings is 1. The van der Waals surface area contributed by atoms with Gasteiger partial charge in [-0.25, -0.2) is 0 Å². The Morgan fingerprint density at radius 1 is 1.53 bits per heavy atom. The molecule has 84 valence electrons. The zero-order valence-electron chi connectivity index (χ0n) is 9.20. The van der Waals surface area contributed by atoms with E-state index in [2.05, 4.69) is 29.8 Å². The van der Waals surface area contributed by atoms with Gasteiger partial charge in [0.25, 0.3) is 0 Å². The molecule has 1 aromatic heterocycles. The average Bonchev–Trinajstić information content (AvgIpc) is 2.85. The van der Waals surface area contributed by atoms with Crippen molar-refractivity contribution in [1.29, 1.82) is 0 Å². The first-order valence-electron chi connectivity index (χ1n) is 5.69. The Balaban J connectivity index is 1.83. The lowest BCUT2D eigenvalue weighted by atomic mass is 10.0. The second-order valence-corrected chi connectivity index (χ2v) is 5.53. The van der Waals surface area contributed by atoms with E-state index in [-0.39, 0.29) is 0 Å². The summed E-state index contributed by atoms with van der Waals surface area (Å²) in [6.45, 7) is 2.89. The zero-order valence-corrected chi connectivity index (χ0v) is 10.0. The molecule has 0 aliphatic heterocycles. The summed E-state index contributed by atoms with van der Waals surface area (Å²) in [6, 6.07) is 4.57. The number of rotatable bonds is 4. The van der Waals surface area contributed by atoms with Gasteiger partial charge in [-0.05, 0) is 31.2 Å². The van der Waals surface area contributed by atoms with Gasteiger partial charge in [-0.15, -0.1) is 11.3 Å². The molecular weight excluding hydrogens is 206 g/mol. The Morgan fingerprint density at radius 3 is 2.87 bits per heavy atom. The van der Waals surface area contributed by atoms with Crippen LogP contribution in [-0.2, 0) is 0 Å². The molecule has 0 amide bonds. The van der Waals surface area contributed by atoms with E-state index in [0.717, 1.165) is 19.4 Å². The van der Waals surface area contributed by atoms with E-state index in [1.165, 1.54) is 17.7 Å². The monoisotopic (exact) mass is 225 g/mol. The van der Waals surface area contributed by atoms with Crippen LogP contribution in [-0.4, -0.2) is 17.3 Å². The SMILES string of the molecule is CC(NCC1(O)CCCC1)c1cccs1. The number of hydrogen-bond donors (Lipinski definition) is 2. The van der Waals surface area contributed by atoms with E-state index >= 15 is 0 Å². The van der Waals surface area contributed by atoms with Crippen LogP contribution in [0.1, 0.15) is 43.5 Å². The highest BCUT2D eigenvalue weighted by atomic mass is 32.1. The van der Waals surface area contributed by atoms with E-state index in [1.54, 1.807) is 11.3 Å². The molecule has 1 unspecified atom stereocenters. The van der Waals surface area contributed by atoms with Gasteiger partial charge in [-0.2, -0.15) is 0 Å². The normalized spacial score (nSPS) is 21.7. The molecule has 0 bridgehead atoms. The first kappa shape index (κ1) is 11.1. The van der Waals surface area contributed by atoms with E-state index in [9.17, 15) is 5.11 Å². The predicted octanol–water partition coefficient (Wildman–Crippen LogP) is 2.70. The molecule has 3 heteroatoms. The first-order chi connectivity index (χ1) is 7.20. The maximum absolute atomic E-state index is 10.2. The van der Waals surface area contributed by atoms with Crippen molar-refractivity contribution in [3.8, 4) is 0 Å². The summed E-state index contributed by atoms with van der Waals surface area (Å²) in [7, 11) is 0. The van der Waals surface area contributed by atoms with Crippen molar-refractivity contribution in [3.05, 3.63) is 22.4 Å². The molecule has 1 atom stereocenters. The van der Waals surface area contributed by atoms with Crippen molar-refractivity contribution >= 4 is 11.3 Å². The highest BCUT2D eigenvalue weighted by molar-refractivity contribution is 7.10. The molecule has 15 heavy (non-hydrogen) atoms. The maximum atomic E-state index is 10.2. The maximum Gasteiger partial charge on any atom is 0.0771 e. The summed E-state index contributed by atoms with van der Waals surface area (Å²) in [5.74, 6) is 0. The van der Waals surface area contributed by atoms with Gasteiger partial charge in [0.05, 0.1) is 5.60 Å². The minimum Gasteiger partial charge on any atom is -0.389 e. The van der Waals surface area contributed by atoms with Gasteiger partial charge >= 0.3 is 0 Å². The Morgan fingerprint density at radius 2 is 2.27 bits per heavy atom. The Labute approximate surface area is 95.3 Å². The molecule has 1 fully saturated rings. The third kappa shape index (κ3) is 2.80. The van der Waals surface area contributed by atoms with Gasteiger partial charge < -0.3 is 10.4 Å².